The second-order valence-corrected chi connectivity index (χ2v) is 9.39. The van der Waals surface area contributed by atoms with E-state index in [1.54, 1.807) is 50.2 Å². The predicted octanol–water partition coefficient (Wildman–Crippen LogP) is 5.13. The normalized spacial score (nSPS) is 11.1. The number of carbonyl (C=O) groups excluding carboxylic acids is 1. The number of para-hydroxylation sites is 1. The van der Waals surface area contributed by atoms with Gasteiger partial charge in [-0.1, -0.05) is 29.8 Å². The fourth-order valence-electron chi connectivity index (χ4n) is 3.36. The van der Waals surface area contributed by atoms with Crippen LogP contribution in [0.5, 0.6) is 11.5 Å². The van der Waals surface area contributed by atoms with Crippen LogP contribution < -0.4 is 19.1 Å². The number of methoxy groups -OCH3 is 2. The average molecular weight is 489 g/mol. The number of carbonyl (C=O) groups is 1. The minimum atomic E-state index is -3.92. The fraction of sp³-hybridized carbons (Fsp3) is 0.208. The van der Waals surface area contributed by atoms with Crippen LogP contribution in [0.25, 0.3) is 0 Å². The summed E-state index contributed by atoms with van der Waals surface area (Å²) in [6.07, 6.45) is 0. The van der Waals surface area contributed by atoms with Crippen LogP contribution in [0.3, 0.4) is 0 Å². The number of benzene rings is 3. The summed E-state index contributed by atoms with van der Waals surface area (Å²) in [6, 6.07) is 16.2. The van der Waals surface area contributed by atoms with Crippen molar-refractivity contribution in [2.45, 2.75) is 18.7 Å². The maximum Gasteiger partial charge on any atom is 0.264 e. The number of hydrogen-bond acceptors (Lipinski definition) is 5. The number of amides is 1. The number of sulfonamides is 1. The molecule has 0 radical (unpaired) electrons. The second kappa shape index (κ2) is 10.1. The molecule has 0 fully saturated rings. The Hall–Kier alpha value is -3.23. The van der Waals surface area contributed by atoms with Crippen molar-refractivity contribution in [3.8, 4) is 11.5 Å². The van der Waals surface area contributed by atoms with Gasteiger partial charge in [-0.3, -0.25) is 9.10 Å². The first-order valence-corrected chi connectivity index (χ1v) is 12.0. The van der Waals surface area contributed by atoms with E-state index in [0.717, 1.165) is 5.56 Å². The molecule has 7 nitrogen and oxygen atoms in total. The molecule has 0 heterocycles. The van der Waals surface area contributed by atoms with Crippen molar-refractivity contribution in [1.82, 2.24) is 0 Å². The molecule has 1 N–H and O–H groups in total. The van der Waals surface area contributed by atoms with Gasteiger partial charge in [-0.15, -0.1) is 0 Å². The molecule has 0 saturated carbocycles. The van der Waals surface area contributed by atoms with E-state index in [4.69, 9.17) is 21.1 Å². The second-order valence-electron chi connectivity index (χ2n) is 7.12. The summed E-state index contributed by atoms with van der Waals surface area (Å²) in [5, 5.41) is 2.91. The number of nitrogens with one attached hydrogen (secondary N) is 1. The lowest BCUT2D eigenvalue weighted by atomic mass is 10.1. The van der Waals surface area contributed by atoms with Gasteiger partial charge >= 0.3 is 0 Å². The molecule has 0 saturated heterocycles. The van der Waals surface area contributed by atoms with E-state index in [9.17, 15) is 13.2 Å². The molecular formula is C24H25ClN2O5S. The monoisotopic (exact) mass is 488 g/mol. The molecule has 0 atom stereocenters. The van der Waals surface area contributed by atoms with Gasteiger partial charge in [0.05, 0.1) is 35.4 Å². The first kappa shape index (κ1) is 24.4. The van der Waals surface area contributed by atoms with E-state index in [-0.39, 0.29) is 22.0 Å². The molecule has 3 aromatic carbocycles. The number of ether oxygens (including phenoxy) is 2. The summed E-state index contributed by atoms with van der Waals surface area (Å²) in [5.74, 6) is 0.428. The largest absolute Gasteiger partial charge is 0.493 e. The maximum absolute atomic E-state index is 13.3. The van der Waals surface area contributed by atoms with Gasteiger partial charge in [0.1, 0.15) is 0 Å². The zero-order valence-corrected chi connectivity index (χ0v) is 20.3. The quantitative estimate of drug-likeness (QED) is 0.475. The molecule has 33 heavy (non-hydrogen) atoms. The van der Waals surface area contributed by atoms with Crippen LogP contribution in [0.4, 0.5) is 11.4 Å². The molecule has 0 aliphatic carbocycles. The number of hydrogen-bond donors (Lipinski definition) is 1. The molecule has 0 aromatic heterocycles. The molecular weight excluding hydrogens is 464 g/mol. The Morgan fingerprint density at radius 2 is 1.64 bits per heavy atom. The third kappa shape index (κ3) is 5.07. The Kier molecular flexibility index (Phi) is 7.50. The van der Waals surface area contributed by atoms with E-state index in [1.165, 1.54) is 36.7 Å². The summed E-state index contributed by atoms with van der Waals surface area (Å²) < 4.78 is 38.5. The minimum absolute atomic E-state index is 0.0354. The zero-order chi connectivity index (χ0) is 24.2. The van der Waals surface area contributed by atoms with Gasteiger partial charge in [-0.05, 0) is 55.8 Å². The number of nitrogens with zero attached hydrogens (tertiary/aromatic N) is 1. The Morgan fingerprint density at radius 1 is 1.00 bits per heavy atom. The SMILES string of the molecule is CCN(c1ccccc1)S(=O)(=O)c1ccc(Cl)c(C(=O)Nc2cc(OC)c(OC)cc2C)c1. The van der Waals surface area contributed by atoms with Crippen molar-refractivity contribution < 1.29 is 22.7 Å². The van der Waals surface area contributed by atoms with Gasteiger partial charge in [0.15, 0.2) is 11.5 Å². The topological polar surface area (TPSA) is 84.9 Å². The molecule has 0 aliphatic heterocycles. The first-order valence-electron chi connectivity index (χ1n) is 10.1. The summed E-state index contributed by atoms with van der Waals surface area (Å²) in [7, 11) is -0.899. The fourth-order valence-corrected chi connectivity index (χ4v) is 5.06. The molecule has 0 unspecified atom stereocenters. The number of rotatable bonds is 8. The number of halogens is 1. The summed E-state index contributed by atoms with van der Waals surface area (Å²) in [5.41, 5.74) is 1.79. The predicted molar refractivity (Wildman–Crippen MR) is 130 cm³/mol. The van der Waals surface area contributed by atoms with Gasteiger partial charge in [-0.2, -0.15) is 0 Å². The number of anilines is 2. The van der Waals surface area contributed by atoms with Crippen LogP contribution in [-0.2, 0) is 10.0 Å². The van der Waals surface area contributed by atoms with Crippen molar-refractivity contribution in [3.63, 3.8) is 0 Å². The molecule has 3 aromatic rings. The third-order valence-corrected chi connectivity index (χ3v) is 7.31. The molecule has 174 valence electrons. The zero-order valence-electron chi connectivity index (χ0n) is 18.8. The highest BCUT2D eigenvalue weighted by atomic mass is 35.5. The van der Waals surface area contributed by atoms with E-state index in [0.29, 0.717) is 22.9 Å². The van der Waals surface area contributed by atoms with Crippen molar-refractivity contribution in [2.75, 3.05) is 30.4 Å². The molecule has 0 aliphatic rings. The van der Waals surface area contributed by atoms with Gasteiger partial charge < -0.3 is 14.8 Å². The highest BCUT2D eigenvalue weighted by Crippen LogP contribution is 2.34. The van der Waals surface area contributed by atoms with Crippen LogP contribution in [0.1, 0.15) is 22.8 Å². The molecule has 1 amide bonds. The summed E-state index contributed by atoms with van der Waals surface area (Å²) in [4.78, 5) is 13.0. The van der Waals surface area contributed by atoms with E-state index < -0.39 is 15.9 Å². The minimum Gasteiger partial charge on any atom is -0.493 e. The summed E-state index contributed by atoms with van der Waals surface area (Å²) in [6.45, 7) is 3.77. The highest BCUT2D eigenvalue weighted by molar-refractivity contribution is 7.92. The van der Waals surface area contributed by atoms with Gasteiger partial charge in [0, 0.05) is 18.3 Å². The van der Waals surface area contributed by atoms with Crippen LogP contribution in [0, 0.1) is 6.92 Å². The van der Waals surface area contributed by atoms with Crippen molar-refractivity contribution in [2.24, 2.45) is 0 Å². The first-order chi connectivity index (χ1) is 15.7. The van der Waals surface area contributed by atoms with Crippen molar-refractivity contribution in [3.05, 3.63) is 76.8 Å². The Morgan fingerprint density at radius 3 is 2.24 bits per heavy atom. The van der Waals surface area contributed by atoms with Gasteiger partial charge in [-0.25, -0.2) is 8.42 Å². The molecule has 0 bridgehead atoms. The Bertz CT molecular complexity index is 1260. The lowest BCUT2D eigenvalue weighted by molar-refractivity contribution is 0.102. The molecule has 9 heteroatoms. The molecule has 0 spiro atoms. The standard InChI is InChI=1S/C24H25ClN2O5S/c1-5-27(17-9-7-6-8-10-17)33(29,30)18-11-12-20(25)19(14-18)24(28)26-21-15-23(32-4)22(31-3)13-16(21)2/h6-15H,5H2,1-4H3,(H,26,28). The van der Waals surface area contributed by atoms with E-state index in [2.05, 4.69) is 5.32 Å². The van der Waals surface area contributed by atoms with Crippen LogP contribution in [-0.4, -0.2) is 35.1 Å². The third-order valence-electron chi connectivity index (χ3n) is 5.08. The smallest absolute Gasteiger partial charge is 0.264 e. The van der Waals surface area contributed by atoms with Crippen LogP contribution in [0.15, 0.2) is 65.6 Å². The highest BCUT2D eigenvalue weighted by Gasteiger charge is 2.25. The number of aryl methyl sites for hydroxylation is 1. The van der Waals surface area contributed by atoms with Crippen molar-refractivity contribution >= 4 is 38.9 Å². The van der Waals surface area contributed by atoms with Crippen LogP contribution >= 0.6 is 11.6 Å². The maximum atomic E-state index is 13.3. The summed E-state index contributed by atoms with van der Waals surface area (Å²) >= 11 is 6.27. The molecule has 3 rings (SSSR count). The van der Waals surface area contributed by atoms with Crippen molar-refractivity contribution in [1.29, 1.82) is 0 Å². The van der Waals surface area contributed by atoms with E-state index in [1.807, 2.05) is 6.07 Å². The Labute approximate surface area is 198 Å². The van der Waals surface area contributed by atoms with Gasteiger partial charge in [0.2, 0.25) is 0 Å². The van der Waals surface area contributed by atoms with E-state index >= 15 is 0 Å². The lowest BCUT2D eigenvalue weighted by Gasteiger charge is -2.23. The van der Waals surface area contributed by atoms with Gasteiger partial charge in [0.25, 0.3) is 15.9 Å². The Balaban J connectivity index is 1.97. The average Bonchev–Trinajstić information content (AvgIpc) is 2.81. The van der Waals surface area contributed by atoms with Crippen LogP contribution in [0.2, 0.25) is 5.02 Å². The lowest BCUT2D eigenvalue weighted by Crippen LogP contribution is -2.31.